The average molecular weight is 200 g/mol. The third kappa shape index (κ3) is 6.86. The van der Waals surface area contributed by atoms with E-state index in [1.165, 1.54) is 12.1 Å². The SMILES string of the molecule is CC[Si](C)(C)/C=C/C[Si](C)(C)C. The maximum Gasteiger partial charge on any atom is 0.0710 e. The summed E-state index contributed by atoms with van der Waals surface area (Å²) in [5, 5.41) is 0. The van der Waals surface area contributed by atoms with Crippen molar-refractivity contribution in [1.82, 2.24) is 0 Å². The van der Waals surface area contributed by atoms with Gasteiger partial charge in [0.15, 0.2) is 0 Å². The molecule has 0 atom stereocenters. The van der Waals surface area contributed by atoms with Gasteiger partial charge in [0.05, 0.1) is 8.07 Å². The predicted octanol–water partition coefficient (Wildman–Crippen LogP) is 4.15. The van der Waals surface area contributed by atoms with E-state index in [0.717, 1.165) is 0 Å². The molecule has 0 aliphatic rings. The van der Waals surface area contributed by atoms with Crippen molar-refractivity contribution in [3.8, 4) is 0 Å². The quantitative estimate of drug-likeness (QED) is 0.598. The molecule has 0 aliphatic carbocycles. The minimum Gasteiger partial charge on any atom is -0.0989 e. The molecule has 0 bridgehead atoms. The summed E-state index contributed by atoms with van der Waals surface area (Å²) in [5.74, 6) is 0. The Morgan fingerprint density at radius 3 is 1.83 bits per heavy atom. The smallest absolute Gasteiger partial charge is 0.0710 e. The minimum atomic E-state index is -0.935. The molecule has 0 amide bonds. The first-order valence-electron chi connectivity index (χ1n) is 4.94. The first-order valence-corrected chi connectivity index (χ1v) is 11.9. The second-order valence-electron chi connectivity index (χ2n) is 5.51. The van der Waals surface area contributed by atoms with Crippen molar-refractivity contribution in [2.45, 2.75) is 51.7 Å². The molecule has 0 aliphatic heterocycles. The first-order chi connectivity index (χ1) is 5.27. The van der Waals surface area contributed by atoms with Crippen molar-refractivity contribution in [3.63, 3.8) is 0 Å². The molecule has 0 aromatic heterocycles. The average Bonchev–Trinajstić information content (AvgIpc) is 1.84. The van der Waals surface area contributed by atoms with E-state index in [1.807, 2.05) is 0 Å². The molecule has 0 nitrogen and oxygen atoms in total. The van der Waals surface area contributed by atoms with Crippen LogP contribution in [-0.2, 0) is 0 Å². The van der Waals surface area contributed by atoms with Crippen LogP contribution in [-0.4, -0.2) is 16.1 Å². The zero-order valence-corrected chi connectivity index (χ0v) is 11.6. The van der Waals surface area contributed by atoms with Gasteiger partial charge in [-0.15, -0.1) is 0 Å². The van der Waals surface area contributed by atoms with E-state index in [1.54, 1.807) is 0 Å². The van der Waals surface area contributed by atoms with E-state index in [9.17, 15) is 0 Å². The van der Waals surface area contributed by atoms with Crippen LogP contribution in [0.5, 0.6) is 0 Å². The molecule has 0 aromatic rings. The minimum absolute atomic E-state index is 0.834. The Morgan fingerprint density at radius 1 is 1.00 bits per heavy atom. The van der Waals surface area contributed by atoms with Crippen molar-refractivity contribution in [2.24, 2.45) is 0 Å². The second-order valence-corrected chi connectivity index (χ2v) is 16.1. The van der Waals surface area contributed by atoms with E-state index in [-0.39, 0.29) is 0 Å². The fraction of sp³-hybridized carbons (Fsp3) is 0.800. The molecule has 12 heavy (non-hydrogen) atoms. The Hall–Kier alpha value is 0.174. The molecule has 0 spiro atoms. The largest absolute Gasteiger partial charge is 0.0989 e. The molecule has 0 fully saturated rings. The maximum absolute atomic E-state index is 2.52. The van der Waals surface area contributed by atoms with E-state index in [4.69, 9.17) is 0 Å². The van der Waals surface area contributed by atoms with Gasteiger partial charge in [0.25, 0.3) is 0 Å². The van der Waals surface area contributed by atoms with Gasteiger partial charge in [0.2, 0.25) is 0 Å². The summed E-state index contributed by atoms with van der Waals surface area (Å²) in [6.45, 7) is 14.5. The molecule has 0 saturated heterocycles. The molecule has 0 N–H and O–H groups in total. The summed E-state index contributed by atoms with van der Waals surface area (Å²) in [6, 6.07) is 2.72. The van der Waals surface area contributed by atoms with Crippen LogP contribution >= 0.6 is 0 Å². The van der Waals surface area contributed by atoms with E-state index in [2.05, 4.69) is 51.4 Å². The molecule has 0 radical (unpaired) electrons. The van der Waals surface area contributed by atoms with Crippen LogP contribution in [0.15, 0.2) is 11.8 Å². The van der Waals surface area contributed by atoms with Crippen molar-refractivity contribution >= 4 is 16.1 Å². The summed E-state index contributed by atoms with van der Waals surface area (Å²) in [6.07, 6.45) is 2.45. The van der Waals surface area contributed by atoms with E-state index < -0.39 is 16.1 Å². The summed E-state index contributed by atoms with van der Waals surface area (Å²) < 4.78 is 0. The highest BCUT2D eigenvalue weighted by atomic mass is 28.3. The van der Waals surface area contributed by atoms with Gasteiger partial charge >= 0.3 is 0 Å². The summed E-state index contributed by atoms with van der Waals surface area (Å²) in [4.78, 5) is 0. The zero-order chi connectivity index (χ0) is 9.83. The summed E-state index contributed by atoms with van der Waals surface area (Å²) >= 11 is 0. The Balaban J connectivity index is 3.92. The fourth-order valence-electron chi connectivity index (χ4n) is 0.849. The van der Waals surface area contributed by atoms with Gasteiger partial charge in [-0.2, -0.15) is 0 Å². The van der Waals surface area contributed by atoms with Crippen LogP contribution in [0.1, 0.15) is 6.92 Å². The third-order valence-corrected chi connectivity index (χ3v) is 6.63. The lowest BCUT2D eigenvalue weighted by atomic mass is 10.8. The lowest BCUT2D eigenvalue weighted by Crippen LogP contribution is -2.22. The number of hydrogen-bond acceptors (Lipinski definition) is 0. The van der Waals surface area contributed by atoms with Gasteiger partial charge in [-0.1, -0.05) is 57.5 Å². The molecule has 0 heterocycles. The van der Waals surface area contributed by atoms with E-state index in [0.29, 0.717) is 0 Å². The number of rotatable bonds is 4. The van der Waals surface area contributed by atoms with Crippen molar-refractivity contribution < 1.29 is 0 Å². The highest BCUT2D eigenvalue weighted by Gasteiger charge is 2.14. The Bertz CT molecular complexity index is 152. The van der Waals surface area contributed by atoms with Gasteiger partial charge in [0.1, 0.15) is 0 Å². The standard InChI is InChI=1S/C10H24Si2/c1-7-12(5,6)10-8-9-11(2,3)4/h8,10H,7,9H2,1-6H3/b10-8+. The maximum atomic E-state index is 2.52. The van der Waals surface area contributed by atoms with Crippen LogP contribution in [0.25, 0.3) is 0 Å². The van der Waals surface area contributed by atoms with Crippen LogP contribution in [0, 0.1) is 0 Å². The lowest BCUT2D eigenvalue weighted by Gasteiger charge is -2.16. The molecule has 0 rings (SSSR count). The normalized spacial score (nSPS) is 14.2. The Morgan fingerprint density at radius 2 is 1.50 bits per heavy atom. The molecular formula is C10H24Si2. The highest BCUT2D eigenvalue weighted by Crippen LogP contribution is 2.13. The predicted molar refractivity (Wildman–Crippen MR) is 65.3 cm³/mol. The third-order valence-electron chi connectivity index (χ3n) is 2.21. The van der Waals surface area contributed by atoms with Crippen LogP contribution in [0.4, 0.5) is 0 Å². The van der Waals surface area contributed by atoms with Crippen molar-refractivity contribution in [2.75, 3.05) is 0 Å². The van der Waals surface area contributed by atoms with Gasteiger partial charge in [0, 0.05) is 8.07 Å². The molecule has 0 aromatic carbocycles. The van der Waals surface area contributed by atoms with Crippen LogP contribution in [0.2, 0.25) is 44.8 Å². The lowest BCUT2D eigenvalue weighted by molar-refractivity contribution is 1.37. The Labute approximate surface area is 80.1 Å². The van der Waals surface area contributed by atoms with Gasteiger partial charge in [-0.25, -0.2) is 0 Å². The molecule has 0 saturated carbocycles. The van der Waals surface area contributed by atoms with E-state index >= 15 is 0 Å². The first kappa shape index (κ1) is 12.2. The monoisotopic (exact) mass is 200 g/mol. The highest BCUT2D eigenvalue weighted by molar-refractivity contribution is 6.82. The molecular weight excluding hydrogens is 176 g/mol. The fourth-order valence-corrected chi connectivity index (χ4v) is 2.90. The summed E-state index contributed by atoms with van der Waals surface area (Å²) in [5.41, 5.74) is 2.52. The molecule has 72 valence electrons. The molecule has 0 unspecified atom stereocenters. The van der Waals surface area contributed by atoms with Crippen LogP contribution < -0.4 is 0 Å². The number of hydrogen-bond donors (Lipinski definition) is 0. The zero-order valence-electron chi connectivity index (χ0n) is 9.57. The van der Waals surface area contributed by atoms with Gasteiger partial charge < -0.3 is 0 Å². The topological polar surface area (TPSA) is 0 Å². The Kier molecular flexibility index (Phi) is 4.49. The molecule has 2 heteroatoms. The van der Waals surface area contributed by atoms with Gasteiger partial charge in [-0.05, 0) is 6.04 Å². The number of allylic oxidation sites excluding steroid dienone is 1. The van der Waals surface area contributed by atoms with Crippen molar-refractivity contribution in [1.29, 1.82) is 0 Å². The van der Waals surface area contributed by atoms with Crippen molar-refractivity contribution in [3.05, 3.63) is 11.8 Å². The summed E-state index contributed by atoms with van der Waals surface area (Å²) in [7, 11) is -1.77. The van der Waals surface area contributed by atoms with Crippen LogP contribution in [0.3, 0.4) is 0 Å². The second kappa shape index (κ2) is 4.42. The van der Waals surface area contributed by atoms with Gasteiger partial charge in [-0.3, -0.25) is 0 Å².